The topological polar surface area (TPSA) is 93.5 Å². The lowest BCUT2D eigenvalue weighted by Crippen LogP contribution is -2.44. The highest BCUT2D eigenvalue weighted by atomic mass is 16.6. The molecule has 0 fully saturated rings. The van der Waals surface area contributed by atoms with Crippen molar-refractivity contribution < 1.29 is 14.6 Å². The van der Waals surface area contributed by atoms with Crippen LogP contribution in [0.1, 0.15) is 61.4 Å². The molecule has 3 aromatic rings. The number of cyclic esters (lactones) is 1. The van der Waals surface area contributed by atoms with Gasteiger partial charge in [0.1, 0.15) is 6.61 Å². The van der Waals surface area contributed by atoms with Crippen LogP contribution in [0.5, 0.6) is 0 Å². The summed E-state index contributed by atoms with van der Waals surface area (Å²) in [7, 11) is 0. The molecule has 1 aromatic carbocycles. The summed E-state index contributed by atoms with van der Waals surface area (Å²) in [6, 6.07) is 6.28. The van der Waals surface area contributed by atoms with Crippen molar-refractivity contribution in [2.75, 3.05) is 5.32 Å². The minimum atomic E-state index is -1.80. The molecule has 0 amide bonds. The molecule has 7 nitrogen and oxygen atoms in total. The molecule has 0 unspecified atom stereocenters. The second kappa shape index (κ2) is 6.90. The summed E-state index contributed by atoms with van der Waals surface area (Å²) in [6.07, 6.45) is 3.14. The van der Waals surface area contributed by atoms with Crippen molar-refractivity contribution in [2.24, 2.45) is 0 Å². The first-order chi connectivity index (χ1) is 15.8. The molecule has 0 spiro atoms. The summed E-state index contributed by atoms with van der Waals surface area (Å²) in [6.45, 7) is 6.34. The average Bonchev–Trinajstić information content (AvgIpc) is 3.17. The molecule has 3 aliphatic rings. The van der Waals surface area contributed by atoms with E-state index >= 15 is 0 Å². The SMILES string of the molecule is CC[C@@]1(O)C(=O)OCc2c1cc1n(c2=O)Cc2c-1nc1ccc(NC(C)C)c3c1c2CCC3. The number of aromatic nitrogens is 2. The van der Waals surface area contributed by atoms with Crippen molar-refractivity contribution in [3.05, 3.63) is 56.4 Å². The van der Waals surface area contributed by atoms with E-state index in [0.717, 1.165) is 41.7 Å². The van der Waals surface area contributed by atoms with Crippen LogP contribution >= 0.6 is 0 Å². The number of nitrogens with zero attached hydrogens (tertiary/aromatic N) is 2. The molecule has 2 aromatic heterocycles. The number of carbonyl (C=O) groups is 1. The van der Waals surface area contributed by atoms with Crippen LogP contribution in [0.3, 0.4) is 0 Å². The second-order valence-electron chi connectivity index (χ2n) is 9.66. The number of aryl methyl sites for hydroxylation is 2. The van der Waals surface area contributed by atoms with Crippen LogP contribution in [0.25, 0.3) is 22.3 Å². The first kappa shape index (κ1) is 20.4. The Morgan fingerprint density at radius 1 is 1.18 bits per heavy atom. The van der Waals surface area contributed by atoms with Gasteiger partial charge in [0.15, 0.2) is 5.60 Å². The van der Waals surface area contributed by atoms with Crippen LogP contribution in [0.15, 0.2) is 23.0 Å². The molecule has 0 saturated heterocycles. The zero-order chi connectivity index (χ0) is 23.1. The Morgan fingerprint density at radius 2 is 1.97 bits per heavy atom. The number of anilines is 1. The van der Waals surface area contributed by atoms with Gasteiger partial charge in [-0.05, 0) is 68.9 Å². The predicted molar refractivity (Wildman–Crippen MR) is 125 cm³/mol. The number of hydrogen-bond acceptors (Lipinski definition) is 6. The van der Waals surface area contributed by atoms with E-state index in [9.17, 15) is 14.7 Å². The van der Waals surface area contributed by atoms with E-state index in [4.69, 9.17) is 9.72 Å². The van der Waals surface area contributed by atoms with Gasteiger partial charge in [0, 0.05) is 28.2 Å². The molecule has 1 atom stereocenters. The third kappa shape index (κ3) is 2.69. The third-order valence-electron chi connectivity index (χ3n) is 7.37. The van der Waals surface area contributed by atoms with Crippen LogP contribution in [-0.2, 0) is 41.1 Å². The molecule has 33 heavy (non-hydrogen) atoms. The van der Waals surface area contributed by atoms with Crippen molar-refractivity contribution in [3.8, 4) is 11.4 Å². The molecule has 7 heteroatoms. The van der Waals surface area contributed by atoms with E-state index in [2.05, 4.69) is 31.3 Å². The quantitative estimate of drug-likeness (QED) is 0.470. The molecule has 0 radical (unpaired) electrons. The molecular formula is C26H27N3O4. The van der Waals surface area contributed by atoms with Crippen LogP contribution in [-0.4, -0.2) is 26.7 Å². The molecule has 1 aliphatic carbocycles. The van der Waals surface area contributed by atoms with Gasteiger partial charge in [0.05, 0.1) is 29.0 Å². The van der Waals surface area contributed by atoms with E-state index < -0.39 is 11.6 Å². The second-order valence-corrected chi connectivity index (χ2v) is 9.66. The van der Waals surface area contributed by atoms with Gasteiger partial charge < -0.3 is 19.7 Å². The fraction of sp³-hybridized carbons (Fsp3) is 0.423. The zero-order valence-corrected chi connectivity index (χ0v) is 19.1. The maximum atomic E-state index is 13.5. The minimum absolute atomic E-state index is 0.109. The zero-order valence-electron chi connectivity index (χ0n) is 19.1. The summed E-state index contributed by atoms with van der Waals surface area (Å²) < 4.78 is 6.91. The molecule has 4 heterocycles. The average molecular weight is 446 g/mol. The molecule has 0 bridgehead atoms. The van der Waals surface area contributed by atoms with Gasteiger partial charge in [0.2, 0.25) is 0 Å². The molecule has 0 saturated carbocycles. The number of rotatable bonds is 3. The van der Waals surface area contributed by atoms with Crippen LogP contribution in [0.4, 0.5) is 5.69 Å². The Kier molecular flexibility index (Phi) is 4.27. The van der Waals surface area contributed by atoms with E-state index in [-0.39, 0.29) is 18.6 Å². The Bertz CT molecular complexity index is 1420. The molecule has 2 aliphatic heterocycles. The molecule has 2 N–H and O–H groups in total. The van der Waals surface area contributed by atoms with E-state index in [1.165, 1.54) is 16.5 Å². The normalized spacial score (nSPS) is 20.5. The highest BCUT2D eigenvalue weighted by molar-refractivity contribution is 5.95. The molecular weight excluding hydrogens is 418 g/mol. The first-order valence-electron chi connectivity index (χ1n) is 11.7. The lowest BCUT2D eigenvalue weighted by Gasteiger charge is -2.31. The number of hydrogen-bond donors (Lipinski definition) is 2. The van der Waals surface area contributed by atoms with Gasteiger partial charge >= 0.3 is 5.97 Å². The number of pyridine rings is 2. The number of ether oxygens (including phenoxy) is 1. The number of fused-ring (bicyclic) bond motifs is 5. The smallest absolute Gasteiger partial charge is 0.343 e. The highest BCUT2D eigenvalue weighted by Crippen LogP contribution is 2.43. The molecule has 170 valence electrons. The van der Waals surface area contributed by atoms with E-state index in [1.54, 1.807) is 17.6 Å². The van der Waals surface area contributed by atoms with Gasteiger partial charge in [-0.3, -0.25) is 4.79 Å². The third-order valence-corrected chi connectivity index (χ3v) is 7.37. The Hall–Kier alpha value is -3.19. The van der Waals surface area contributed by atoms with Crippen molar-refractivity contribution in [3.63, 3.8) is 0 Å². The summed E-state index contributed by atoms with van der Waals surface area (Å²) in [5.41, 5.74) is 5.89. The largest absolute Gasteiger partial charge is 0.458 e. The number of esters is 1. The summed E-state index contributed by atoms with van der Waals surface area (Å²) in [5, 5.41) is 15.9. The Balaban J connectivity index is 1.61. The first-order valence-corrected chi connectivity index (χ1v) is 11.7. The van der Waals surface area contributed by atoms with Gasteiger partial charge in [-0.2, -0.15) is 0 Å². The minimum Gasteiger partial charge on any atom is -0.458 e. The van der Waals surface area contributed by atoms with Gasteiger partial charge in [-0.15, -0.1) is 0 Å². The van der Waals surface area contributed by atoms with Crippen molar-refractivity contribution in [2.45, 2.75) is 71.2 Å². The summed E-state index contributed by atoms with van der Waals surface area (Å²) in [5.74, 6) is -0.698. The summed E-state index contributed by atoms with van der Waals surface area (Å²) in [4.78, 5) is 30.9. The fourth-order valence-electron chi connectivity index (χ4n) is 5.76. The van der Waals surface area contributed by atoms with Crippen LogP contribution in [0.2, 0.25) is 0 Å². The summed E-state index contributed by atoms with van der Waals surface area (Å²) >= 11 is 0. The van der Waals surface area contributed by atoms with Gasteiger partial charge in [0.25, 0.3) is 5.56 Å². The van der Waals surface area contributed by atoms with Crippen molar-refractivity contribution >= 4 is 22.6 Å². The predicted octanol–water partition coefficient (Wildman–Crippen LogP) is 3.39. The number of aliphatic hydroxyl groups is 1. The number of carbonyl (C=O) groups excluding carboxylic acids is 1. The van der Waals surface area contributed by atoms with Gasteiger partial charge in [-0.25, -0.2) is 9.78 Å². The Labute approximate surface area is 191 Å². The fourth-order valence-corrected chi connectivity index (χ4v) is 5.76. The van der Waals surface area contributed by atoms with E-state index in [1.807, 2.05) is 0 Å². The standard InChI is InChI=1S/C26H27N3O4/c1-4-26(32)18-10-21-23-16(11-29(21)24(30)17(18)12-33-25(26)31)14-6-5-7-15-19(27-13(2)3)8-9-20(28-23)22(14)15/h8-10,13,27,32H,4-7,11-12H2,1-3H3/t26-/m0/s1. The maximum Gasteiger partial charge on any atom is 0.343 e. The molecule has 6 rings (SSSR count). The number of benzene rings is 1. The van der Waals surface area contributed by atoms with Crippen LogP contribution < -0.4 is 10.9 Å². The van der Waals surface area contributed by atoms with E-state index in [0.29, 0.717) is 29.4 Å². The highest BCUT2D eigenvalue weighted by Gasteiger charge is 2.45. The monoisotopic (exact) mass is 445 g/mol. The van der Waals surface area contributed by atoms with Crippen LogP contribution in [0, 0.1) is 0 Å². The Morgan fingerprint density at radius 3 is 2.73 bits per heavy atom. The maximum absolute atomic E-state index is 13.5. The number of nitrogens with one attached hydrogen (secondary N) is 1. The lowest BCUT2D eigenvalue weighted by atomic mass is 9.85. The van der Waals surface area contributed by atoms with Gasteiger partial charge in [-0.1, -0.05) is 6.92 Å². The van der Waals surface area contributed by atoms with Crippen molar-refractivity contribution in [1.29, 1.82) is 0 Å². The lowest BCUT2D eigenvalue weighted by molar-refractivity contribution is -0.172. The van der Waals surface area contributed by atoms with Crippen molar-refractivity contribution in [1.82, 2.24) is 9.55 Å².